The van der Waals surface area contributed by atoms with Gasteiger partial charge in [-0.15, -0.1) is 0 Å². The molecule has 104 valence electrons. The summed E-state index contributed by atoms with van der Waals surface area (Å²) in [6.07, 6.45) is -0.139. The summed E-state index contributed by atoms with van der Waals surface area (Å²) in [4.78, 5) is -1.22. The number of nitriles is 1. The van der Waals surface area contributed by atoms with Crippen LogP contribution in [0.5, 0.6) is 0 Å². The number of halogens is 3. The summed E-state index contributed by atoms with van der Waals surface area (Å²) in [7, 11) is -3.38. The number of rotatable bonds is 4. The van der Waals surface area contributed by atoms with Crippen LogP contribution >= 0.6 is 0 Å². The summed E-state index contributed by atoms with van der Waals surface area (Å²) in [6.45, 7) is 1.42. The van der Waals surface area contributed by atoms with Crippen molar-refractivity contribution in [3.63, 3.8) is 0 Å². The van der Waals surface area contributed by atoms with Crippen LogP contribution in [0, 0.1) is 28.8 Å². The number of nitrogens with zero attached hydrogens (tertiary/aromatic N) is 2. The molecule has 1 rings (SSSR count). The third-order valence-corrected chi connectivity index (χ3v) is 4.63. The molecule has 1 atom stereocenters. The lowest BCUT2D eigenvalue weighted by Crippen LogP contribution is -2.35. The van der Waals surface area contributed by atoms with Crippen molar-refractivity contribution in [3.05, 3.63) is 29.6 Å². The largest absolute Gasteiger partial charge is 0.248 e. The monoisotopic (exact) mass is 292 g/mol. The molecule has 0 aromatic heterocycles. The van der Waals surface area contributed by atoms with Crippen molar-refractivity contribution in [3.8, 4) is 6.07 Å². The molecule has 8 heteroatoms. The van der Waals surface area contributed by atoms with Gasteiger partial charge < -0.3 is 0 Å². The SMILES string of the molecule is CC(CC#N)N(C)S(=O)(=O)c1c(F)cc(F)cc1F. The molecular weight excluding hydrogens is 281 g/mol. The van der Waals surface area contributed by atoms with E-state index in [-0.39, 0.29) is 6.42 Å². The van der Waals surface area contributed by atoms with E-state index in [9.17, 15) is 21.6 Å². The molecule has 0 amide bonds. The van der Waals surface area contributed by atoms with Crippen LogP contribution in [0.1, 0.15) is 13.3 Å². The lowest BCUT2D eigenvalue weighted by molar-refractivity contribution is 0.385. The molecule has 19 heavy (non-hydrogen) atoms. The van der Waals surface area contributed by atoms with Gasteiger partial charge in [0.1, 0.15) is 17.5 Å². The standard InChI is InChI=1S/C11H11F3N2O2S/c1-7(3-4-15)16(2)19(17,18)11-9(13)5-8(12)6-10(11)14/h5-7H,3H2,1-2H3. The van der Waals surface area contributed by atoms with Crippen LogP contribution < -0.4 is 0 Å². The van der Waals surface area contributed by atoms with Crippen molar-refractivity contribution in [2.45, 2.75) is 24.3 Å². The zero-order chi connectivity index (χ0) is 14.8. The van der Waals surface area contributed by atoms with Crippen LogP contribution in [-0.2, 0) is 10.0 Å². The second-order valence-corrected chi connectivity index (χ2v) is 5.87. The normalized spacial score (nSPS) is 13.3. The van der Waals surface area contributed by atoms with Crippen LogP contribution in [0.25, 0.3) is 0 Å². The molecule has 0 fully saturated rings. The van der Waals surface area contributed by atoms with Crippen LogP contribution in [0.4, 0.5) is 13.2 Å². The first-order valence-corrected chi connectivity index (χ1v) is 6.65. The summed E-state index contributed by atoms with van der Waals surface area (Å²) in [5, 5.41) is 8.50. The smallest absolute Gasteiger partial charge is 0.207 e. The summed E-state index contributed by atoms with van der Waals surface area (Å²) in [6, 6.07) is 1.57. The Kier molecular flexibility index (Phi) is 4.55. The molecule has 0 aliphatic rings. The van der Waals surface area contributed by atoms with E-state index in [0.717, 1.165) is 7.05 Å². The Balaban J connectivity index is 3.33. The fourth-order valence-corrected chi connectivity index (χ4v) is 2.86. The first kappa shape index (κ1) is 15.5. The number of benzene rings is 1. The van der Waals surface area contributed by atoms with Crippen LogP contribution in [0.3, 0.4) is 0 Å². The molecule has 0 aliphatic heterocycles. The van der Waals surface area contributed by atoms with Gasteiger partial charge in [0.15, 0.2) is 4.90 Å². The average molecular weight is 292 g/mol. The van der Waals surface area contributed by atoms with E-state index in [1.807, 2.05) is 0 Å². The summed E-state index contributed by atoms with van der Waals surface area (Å²) >= 11 is 0. The zero-order valence-electron chi connectivity index (χ0n) is 10.2. The van der Waals surface area contributed by atoms with Gasteiger partial charge in [-0.05, 0) is 6.92 Å². The van der Waals surface area contributed by atoms with Gasteiger partial charge >= 0.3 is 0 Å². The van der Waals surface area contributed by atoms with Crippen LogP contribution in [0.15, 0.2) is 17.0 Å². The predicted molar refractivity (Wildman–Crippen MR) is 61.0 cm³/mol. The van der Waals surface area contributed by atoms with Crippen molar-refractivity contribution in [1.82, 2.24) is 4.31 Å². The molecule has 0 saturated carbocycles. The van der Waals surface area contributed by atoms with Crippen LogP contribution in [0.2, 0.25) is 0 Å². The van der Waals surface area contributed by atoms with E-state index in [4.69, 9.17) is 5.26 Å². The maximum Gasteiger partial charge on any atom is 0.248 e. The Morgan fingerprint density at radius 3 is 2.21 bits per heavy atom. The quantitative estimate of drug-likeness (QED) is 0.853. The minimum absolute atomic E-state index is 0.139. The first-order chi connectivity index (χ1) is 8.71. The van der Waals surface area contributed by atoms with Crippen molar-refractivity contribution in [1.29, 1.82) is 5.26 Å². The molecule has 0 saturated heterocycles. The Labute approximate surface area is 109 Å². The maximum atomic E-state index is 13.5. The van der Waals surface area contributed by atoms with E-state index in [2.05, 4.69) is 0 Å². The molecule has 1 aromatic carbocycles. The molecule has 0 N–H and O–H groups in total. The highest BCUT2D eigenvalue weighted by Crippen LogP contribution is 2.24. The molecule has 0 radical (unpaired) electrons. The Hall–Kier alpha value is -1.59. The summed E-state index contributed by atoms with van der Waals surface area (Å²) in [5.41, 5.74) is 0. The van der Waals surface area contributed by atoms with Gasteiger partial charge in [0.05, 0.1) is 12.5 Å². The van der Waals surface area contributed by atoms with E-state index in [1.54, 1.807) is 6.07 Å². The van der Waals surface area contributed by atoms with Gasteiger partial charge in [0, 0.05) is 25.2 Å². The van der Waals surface area contributed by atoms with Gasteiger partial charge in [-0.25, -0.2) is 21.6 Å². The lowest BCUT2D eigenvalue weighted by Gasteiger charge is -2.22. The van der Waals surface area contributed by atoms with Gasteiger partial charge in [-0.2, -0.15) is 9.57 Å². The highest BCUT2D eigenvalue weighted by atomic mass is 32.2. The minimum atomic E-state index is -4.47. The van der Waals surface area contributed by atoms with Crippen molar-refractivity contribution >= 4 is 10.0 Å². The highest BCUT2D eigenvalue weighted by molar-refractivity contribution is 7.89. The highest BCUT2D eigenvalue weighted by Gasteiger charge is 2.31. The molecule has 1 unspecified atom stereocenters. The Bertz CT molecular complexity index is 602. The Morgan fingerprint density at radius 2 is 1.79 bits per heavy atom. The zero-order valence-corrected chi connectivity index (χ0v) is 11.0. The molecule has 0 bridgehead atoms. The predicted octanol–water partition coefficient (Wildman–Crippen LogP) is 2.03. The fourth-order valence-electron chi connectivity index (χ4n) is 1.42. The fraction of sp³-hybridized carbons (Fsp3) is 0.364. The maximum absolute atomic E-state index is 13.5. The topological polar surface area (TPSA) is 61.2 Å². The summed E-state index contributed by atoms with van der Waals surface area (Å²) < 4.78 is 64.4. The third-order valence-electron chi connectivity index (χ3n) is 2.61. The summed E-state index contributed by atoms with van der Waals surface area (Å²) in [5.74, 6) is -4.22. The Morgan fingerprint density at radius 1 is 1.32 bits per heavy atom. The minimum Gasteiger partial charge on any atom is -0.207 e. The average Bonchev–Trinajstić information content (AvgIpc) is 2.26. The van der Waals surface area contributed by atoms with E-state index in [1.165, 1.54) is 6.92 Å². The van der Waals surface area contributed by atoms with Gasteiger partial charge in [-0.1, -0.05) is 0 Å². The van der Waals surface area contributed by atoms with Gasteiger partial charge in [-0.3, -0.25) is 0 Å². The lowest BCUT2D eigenvalue weighted by atomic mass is 10.3. The van der Waals surface area contributed by atoms with Gasteiger partial charge in [0.25, 0.3) is 0 Å². The first-order valence-electron chi connectivity index (χ1n) is 5.21. The van der Waals surface area contributed by atoms with E-state index >= 15 is 0 Å². The van der Waals surface area contributed by atoms with Crippen molar-refractivity contribution in [2.75, 3.05) is 7.05 Å². The number of hydrogen-bond donors (Lipinski definition) is 0. The van der Waals surface area contributed by atoms with Crippen molar-refractivity contribution < 1.29 is 21.6 Å². The molecule has 1 aromatic rings. The molecule has 4 nitrogen and oxygen atoms in total. The number of sulfonamides is 1. The van der Waals surface area contributed by atoms with E-state index < -0.39 is 38.4 Å². The van der Waals surface area contributed by atoms with Crippen molar-refractivity contribution in [2.24, 2.45) is 0 Å². The van der Waals surface area contributed by atoms with Crippen LogP contribution in [-0.4, -0.2) is 25.8 Å². The molecule has 0 heterocycles. The molecule has 0 spiro atoms. The second kappa shape index (κ2) is 5.59. The number of hydrogen-bond acceptors (Lipinski definition) is 3. The third kappa shape index (κ3) is 3.05. The molecule has 0 aliphatic carbocycles. The molecular formula is C11H11F3N2O2S. The van der Waals surface area contributed by atoms with E-state index in [0.29, 0.717) is 16.4 Å². The second-order valence-electron chi connectivity index (χ2n) is 3.93. The van der Waals surface area contributed by atoms with Gasteiger partial charge in [0.2, 0.25) is 10.0 Å².